The second-order valence-electron chi connectivity index (χ2n) is 1.03. The zero-order valence-electron chi connectivity index (χ0n) is 4.16. The molecule has 7 nitrogen and oxygen atoms in total. The summed E-state index contributed by atoms with van der Waals surface area (Å²) in [6, 6.07) is 0. The van der Waals surface area contributed by atoms with E-state index in [0.29, 0.717) is 0 Å². The number of hydrogen-bond donors (Lipinski definition) is 4. The first-order valence-corrected chi connectivity index (χ1v) is 3.15. The molecule has 0 aromatic heterocycles. The maximum Gasteiger partial charge on any atom is 0.378 e. The van der Waals surface area contributed by atoms with Crippen LogP contribution >= 0.6 is 0 Å². The lowest BCUT2D eigenvalue weighted by Gasteiger charge is -1.95. The number of hydrogen-bond acceptors (Lipinski definition) is 5. The number of carbonyl (C=O) groups excluding carboxylic acids is 1. The monoisotopic (exact) mass is 155 g/mol. The molecular formula is CH5N3O4S. The van der Waals surface area contributed by atoms with E-state index < -0.39 is 15.4 Å². The van der Waals surface area contributed by atoms with Gasteiger partial charge in [-0.2, -0.15) is 14.0 Å². The van der Waals surface area contributed by atoms with Crippen molar-refractivity contribution in [1.82, 2.24) is 11.0 Å². The topological polar surface area (TPSA) is 122 Å². The molecule has 0 aliphatic carbocycles. The van der Waals surface area contributed by atoms with Gasteiger partial charge in [0.15, 0.2) is 0 Å². The Balaban J connectivity index is 4.08. The Kier molecular flexibility index (Phi) is 2.52. The number of nitrogens with one attached hydrogen (secondary N) is 2. The fourth-order valence-electron chi connectivity index (χ4n) is 0.123. The average molecular weight is 155 g/mol. The van der Waals surface area contributed by atoms with Crippen molar-refractivity contribution in [3.63, 3.8) is 0 Å². The first-order valence-electron chi connectivity index (χ1n) is 1.71. The number of hydrazine groups is 2. The molecule has 0 aromatic rings. The van der Waals surface area contributed by atoms with E-state index in [1.165, 1.54) is 11.0 Å². The fourth-order valence-corrected chi connectivity index (χ4v) is 0.311. The predicted octanol–water partition coefficient (Wildman–Crippen LogP) is -2.04. The average Bonchev–Trinajstić information content (AvgIpc) is 1.64. The van der Waals surface area contributed by atoms with E-state index in [0.717, 1.165) is 0 Å². The SMILES string of the molecule is NNNC(=O)S(=O)(=O)O. The van der Waals surface area contributed by atoms with Crippen LogP contribution in [0.5, 0.6) is 0 Å². The maximum absolute atomic E-state index is 9.97. The third-order valence-corrected chi connectivity index (χ3v) is 0.979. The summed E-state index contributed by atoms with van der Waals surface area (Å²) in [5.74, 6) is 4.47. The van der Waals surface area contributed by atoms with Gasteiger partial charge < -0.3 is 0 Å². The van der Waals surface area contributed by atoms with Crippen LogP contribution in [-0.4, -0.2) is 18.2 Å². The van der Waals surface area contributed by atoms with Crippen LogP contribution in [0.25, 0.3) is 0 Å². The lowest BCUT2D eigenvalue weighted by molar-refractivity contribution is 0.252. The van der Waals surface area contributed by atoms with Crippen LogP contribution in [0.1, 0.15) is 0 Å². The van der Waals surface area contributed by atoms with Crippen LogP contribution in [0.2, 0.25) is 0 Å². The number of rotatable bonds is 1. The molecule has 1 amide bonds. The molecule has 0 fully saturated rings. The Bertz CT molecular complexity index is 194. The van der Waals surface area contributed by atoms with Crippen molar-refractivity contribution in [2.45, 2.75) is 0 Å². The molecule has 0 aliphatic heterocycles. The van der Waals surface area contributed by atoms with Crippen LogP contribution in [0.4, 0.5) is 4.79 Å². The van der Waals surface area contributed by atoms with Gasteiger partial charge in [0.25, 0.3) is 0 Å². The number of nitrogens with two attached hydrogens (primary N) is 1. The zero-order chi connectivity index (χ0) is 7.49. The van der Waals surface area contributed by atoms with Crippen LogP contribution < -0.4 is 16.8 Å². The molecule has 0 bridgehead atoms. The van der Waals surface area contributed by atoms with Gasteiger partial charge in [-0.25, -0.2) is 0 Å². The summed E-state index contributed by atoms with van der Waals surface area (Å²) in [6.45, 7) is 0. The highest BCUT2D eigenvalue weighted by molar-refractivity contribution is 8.01. The molecule has 0 aromatic carbocycles. The van der Waals surface area contributed by atoms with Crippen molar-refractivity contribution in [3.05, 3.63) is 0 Å². The van der Waals surface area contributed by atoms with E-state index in [-0.39, 0.29) is 0 Å². The molecule has 0 heterocycles. The second kappa shape index (κ2) is 2.73. The third kappa shape index (κ3) is 2.98. The molecule has 0 saturated heterocycles. The lowest BCUT2D eigenvalue weighted by Crippen LogP contribution is -2.44. The molecule has 0 aliphatic rings. The fraction of sp³-hybridized carbons (Fsp3) is 0. The lowest BCUT2D eigenvalue weighted by atomic mass is 11.4. The minimum absolute atomic E-state index is 1.44. The van der Waals surface area contributed by atoms with Crippen molar-refractivity contribution in [2.75, 3.05) is 0 Å². The molecule has 9 heavy (non-hydrogen) atoms. The van der Waals surface area contributed by atoms with E-state index >= 15 is 0 Å². The quantitative estimate of drug-likeness (QED) is 0.197. The normalized spacial score (nSPS) is 10.9. The molecule has 5 N–H and O–H groups in total. The minimum atomic E-state index is -4.66. The second-order valence-corrected chi connectivity index (χ2v) is 2.35. The number of carbonyl (C=O) groups is 1. The summed E-state index contributed by atoms with van der Waals surface area (Å²) in [7, 11) is -4.66. The zero-order valence-corrected chi connectivity index (χ0v) is 4.97. The first-order chi connectivity index (χ1) is 3.98. The first kappa shape index (κ1) is 8.30. The molecule has 0 saturated carbocycles. The van der Waals surface area contributed by atoms with Crippen molar-refractivity contribution in [3.8, 4) is 0 Å². The highest BCUT2D eigenvalue weighted by Crippen LogP contribution is 1.79. The third-order valence-electron chi connectivity index (χ3n) is 0.409. The molecule has 0 unspecified atom stereocenters. The Hall–Kier alpha value is -0.700. The predicted molar refractivity (Wildman–Crippen MR) is 27.4 cm³/mol. The van der Waals surface area contributed by atoms with Gasteiger partial charge >= 0.3 is 15.4 Å². The summed E-state index contributed by atoms with van der Waals surface area (Å²) >= 11 is 0. The van der Waals surface area contributed by atoms with Crippen molar-refractivity contribution < 1.29 is 17.8 Å². The standard InChI is InChI=1S/CH5N3O4S/c2-4-3-1(5)9(6,7)8/h4H,2H2,(H,3,5)(H,6,7,8). The maximum atomic E-state index is 9.97. The van der Waals surface area contributed by atoms with E-state index in [4.69, 9.17) is 4.55 Å². The van der Waals surface area contributed by atoms with Gasteiger partial charge in [0, 0.05) is 0 Å². The van der Waals surface area contributed by atoms with Gasteiger partial charge in [0.05, 0.1) is 0 Å². The van der Waals surface area contributed by atoms with Crippen LogP contribution in [0.3, 0.4) is 0 Å². The molecule has 0 spiro atoms. The summed E-state index contributed by atoms with van der Waals surface area (Å²) < 4.78 is 27.4. The Labute approximate surface area is 50.9 Å². The largest absolute Gasteiger partial charge is 0.378 e. The Morgan fingerprint density at radius 1 is 1.56 bits per heavy atom. The van der Waals surface area contributed by atoms with E-state index in [1.54, 1.807) is 0 Å². The molecule has 54 valence electrons. The van der Waals surface area contributed by atoms with Gasteiger partial charge in [-0.1, -0.05) is 0 Å². The molecule has 0 atom stereocenters. The van der Waals surface area contributed by atoms with E-state index in [9.17, 15) is 13.2 Å². The molecule has 0 radical (unpaired) electrons. The summed E-state index contributed by atoms with van der Waals surface area (Å²) in [5.41, 5.74) is 2.97. The molecule has 0 rings (SSSR count). The van der Waals surface area contributed by atoms with Gasteiger partial charge in [-0.3, -0.25) is 20.6 Å². The number of amides is 1. The van der Waals surface area contributed by atoms with Crippen LogP contribution in [0, 0.1) is 0 Å². The highest BCUT2D eigenvalue weighted by Gasteiger charge is 2.16. The van der Waals surface area contributed by atoms with Crippen molar-refractivity contribution >= 4 is 15.4 Å². The summed E-state index contributed by atoms with van der Waals surface area (Å²) in [5, 5.41) is -1.59. The molecular weight excluding hydrogens is 150 g/mol. The van der Waals surface area contributed by atoms with E-state index in [1.807, 2.05) is 0 Å². The Morgan fingerprint density at radius 3 is 2.11 bits per heavy atom. The van der Waals surface area contributed by atoms with Gasteiger partial charge in [-0.05, 0) is 0 Å². The summed E-state index contributed by atoms with van der Waals surface area (Å²) in [6.07, 6.45) is 0. The van der Waals surface area contributed by atoms with Gasteiger partial charge in [0.1, 0.15) is 0 Å². The van der Waals surface area contributed by atoms with Crippen molar-refractivity contribution in [2.24, 2.45) is 5.84 Å². The smallest absolute Gasteiger partial charge is 0.278 e. The molecule has 8 heteroatoms. The highest BCUT2D eigenvalue weighted by atomic mass is 32.2. The van der Waals surface area contributed by atoms with Crippen LogP contribution in [-0.2, 0) is 10.1 Å². The van der Waals surface area contributed by atoms with Crippen LogP contribution in [0.15, 0.2) is 0 Å². The van der Waals surface area contributed by atoms with Gasteiger partial charge in [0.2, 0.25) is 0 Å². The Morgan fingerprint density at radius 2 is 2.00 bits per heavy atom. The summed E-state index contributed by atoms with van der Waals surface area (Å²) in [4.78, 5) is 9.97. The van der Waals surface area contributed by atoms with E-state index in [2.05, 4.69) is 5.84 Å². The van der Waals surface area contributed by atoms with Gasteiger partial charge in [-0.15, -0.1) is 0 Å². The van der Waals surface area contributed by atoms with Crippen molar-refractivity contribution in [1.29, 1.82) is 0 Å². The minimum Gasteiger partial charge on any atom is -0.278 e.